The van der Waals surface area contributed by atoms with Crippen molar-refractivity contribution in [3.05, 3.63) is 9.88 Å². The predicted octanol–water partition coefficient (Wildman–Crippen LogP) is 4.66. The topological polar surface area (TPSA) is 0 Å². The molecule has 0 rings (SSSR count). The van der Waals surface area contributed by atoms with Crippen LogP contribution in [0.15, 0.2) is 9.88 Å². The first-order valence-corrected chi connectivity index (χ1v) is 13.4. The van der Waals surface area contributed by atoms with Gasteiger partial charge in [0.25, 0.3) is 0 Å². The Labute approximate surface area is 94.0 Å². The summed E-state index contributed by atoms with van der Waals surface area (Å²) in [7, 11) is 0. The van der Waals surface area contributed by atoms with Crippen LogP contribution in [0.1, 0.15) is 34.1 Å². The van der Waals surface area contributed by atoms with Gasteiger partial charge >= 0.3 is 93.9 Å². The zero-order valence-corrected chi connectivity index (χ0v) is 13.3. The standard InChI is InChI=1S/C12H27BGe/c1-8-12(13(9-2)10-3)11(4)14(5,6)7/h8-10H2,1-7H3/b12-11+. The van der Waals surface area contributed by atoms with E-state index in [0.29, 0.717) is 0 Å². The molecular formula is C12H27BGe. The fourth-order valence-electron chi connectivity index (χ4n) is 2.12. The van der Waals surface area contributed by atoms with E-state index in [1.54, 1.807) is 9.88 Å². The Morgan fingerprint density at radius 2 is 1.43 bits per heavy atom. The molecule has 0 radical (unpaired) electrons. The number of rotatable bonds is 5. The predicted molar refractivity (Wildman–Crippen MR) is 73.1 cm³/mol. The molecule has 0 saturated carbocycles. The molecule has 0 saturated heterocycles. The van der Waals surface area contributed by atoms with Crippen LogP contribution in [0.3, 0.4) is 0 Å². The van der Waals surface area contributed by atoms with E-state index >= 15 is 0 Å². The van der Waals surface area contributed by atoms with Gasteiger partial charge in [0.05, 0.1) is 0 Å². The summed E-state index contributed by atoms with van der Waals surface area (Å²) >= 11 is -1.55. The second kappa shape index (κ2) is 6.05. The number of hydrogen-bond acceptors (Lipinski definition) is 0. The van der Waals surface area contributed by atoms with Crippen molar-refractivity contribution < 1.29 is 0 Å². The van der Waals surface area contributed by atoms with Crippen molar-refractivity contribution in [2.45, 2.75) is 64.0 Å². The van der Waals surface area contributed by atoms with Crippen molar-refractivity contribution in [2.75, 3.05) is 0 Å². The van der Waals surface area contributed by atoms with Crippen molar-refractivity contribution in [1.82, 2.24) is 0 Å². The van der Waals surface area contributed by atoms with Crippen LogP contribution in [0.4, 0.5) is 0 Å². The Morgan fingerprint density at radius 3 is 1.64 bits per heavy atom. The van der Waals surface area contributed by atoms with E-state index in [1.807, 2.05) is 0 Å². The Hall–Kier alpha value is 0.348. The molecular weight excluding hydrogens is 228 g/mol. The van der Waals surface area contributed by atoms with Gasteiger partial charge < -0.3 is 0 Å². The van der Waals surface area contributed by atoms with Gasteiger partial charge in [-0.15, -0.1) is 0 Å². The molecule has 0 aromatic heterocycles. The van der Waals surface area contributed by atoms with Gasteiger partial charge in [0.1, 0.15) is 0 Å². The van der Waals surface area contributed by atoms with Gasteiger partial charge in [0, 0.05) is 0 Å². The summed E-state index contributed by atoms with van der Waals surface area (Å²) in [6.45, 7) is 10.2. The third-order valence-electron chi connectivity index (χ3n) is 3.47. The normalized spacial score (nSPS) is 13.9. The zero-order chi connectivity index (χ0) is 11.4. The van der Waals surface area contributed by atoms with E-state index in [9.17, 15) is 0 Å². The maximum atomic E-state index is 2.51. The first-order chi connectivity index (χ1) is 6.38. The summed E-state index contributed by atoms with van der Waals surface area (Å²) in [5.41, 5.74) is 1.78. The van der Waals surface area contributed by atoms with E-state index in [4.69, 9.17) is 0 Å². The van der Waals surface area contributed by atoms with Crippen molar-refractivity contribution in [2.24, 2.45) is 0 Å². The fraction of sp³-hybridized carbons (Fsp3) is 0.833. The van der Waals surface area contributed by atoms with Crippen molar-refractivity contribution >= 4 is 20.0 Å². The Balaban J connectivity index is 5.01. The van der Waals surface area contributed by atoms with Crippen LogP contribution in [0.25, 0.3) is 0 Å². The molecule has 0 aromatic carbocycles. The van der Waals surface area contributed by atoms with Crippen LogP contribution in [0.2, 0.25) is 29.9 Å². The molecule has 2 heteroatoms. The van der Waals surface area contributed by atoms with Gasteiger partial charge in [-0.1, -0.05) is 0 Å². The van der Waals surface area contributed by atoms with Gasteiger partial charge in [-0.2, -0.15) is 0 Å². The van der Waals surface area contributed by atoms with Crippen LogP contribution in [-0.4, -0.2) is 20.0 Å². The third-order valence-corrected chi connectivity index (χ3v) is 8.86. The number of hydrogen-bond donors (Lipinski definition) is 0. The molecule has 0 heterocycles. The van der Waals surface area contributed by atoms with Crippen LogP contribution < -0.4 is 0 Å². The Kier molecular flexibility index (Phi) is 6.20. The molecule has 82 valence electrons. The van der Waals surface area contributed by atoms with Crippen LogP contribution in [0.5, 0.6) is 0 Å². The Morgan fingerprint density at radius 1 is 1.00 bits per heavy atom. The van der Waals surface area contributed by atoms with E-state index in [2.05, 4.69) is 45.0 Å². The third kappa shape index (κ3) is 3.84. The summed E-state index contributed by atoms with van der Waals surface area (Å²) < 4.78 is 1.79. The van der Waals surface area contributed by atoms with Crippen LogP contribution in [0, 0.1) is 0 Å². The van der Waals surface area contributed by atoms with Gasteiger partial charge in [-0.05, 0) is 0 Å². The quantitative estimate of drug-likeness (QED) is 0.626. The molecule has 0 atom stereocenters. The summed E-state index contributed by atoms with van der Waals surface area (Å²) in [6.07, 6.45) is 3.89. The second-order valence-corrected chi connectivity index (χ2v) is 16.3. The zero-order valence-electron chi connectivity index (χ0n) is 11.2. The molecule has 14 heavy (non-hydrogen) atoms. The van der Waals surface area contributed by atoms with Crippen LogP contribution >= 0.6 is 0 Å². The van der Waals surface area contributed by atoms with E-state index in [-0.39, 0.29) is 0 Å². The van der Waals surface area contributed by atoms with Gasteiger partial charge in [0.15, 0.2) is 0 Å². The molecule has 0 nitrogen and oxygen atoms in total. The molecule has 0 aromatic rings. The van der Waals surface area contributed by atoms with Crippen LogP contribution in [-0.2, 0) is 0 Å². The van der Waals surface area contributed by atoms with Crippen molar-refractivity contribution in [3.8, 4) is 0 Å². The monoisotopic (exact) mass is 256 g/mol. The average molecular weight is 255 g/mol. The summed E-state index contributed by atoms with van der Waals surface area (Å²) in [4.78, 5) is 0. The second-order valence-electron chi connectivity index (χ2n) is 5.27. The molecule has 0 amide bonds. The molecule has 0 aliphatic rings. The summed E-state index contributed by atoms with van der Waals surface area (Å²) in [5, 5.41) is 0. The first-order valence-electron chi connectivity index (χ1n) is 6.08. The molecule has 0 aliphatic carbocycles. The summed E-state index contributed by atoms with van der Waals surface area (Å²) in [5.74, 6) is 7.52. The van der Waals surface area contributed by atoms with Crippen molar-refractivity contribution in [3.63, 3.8) is 0 Å². The molecule has 0 spiro atoms. The SMILES string of the molecule is CCB(CC)/C(CC)=[C](\C)[Ge]([CH3])([CH3])[CH3]. The van der Waals surface area contributed by atoms with Gasteiger partial charge in [0.2, 0.25) is 0 Å². The van der Waals surface area contributed by atoms with Gasteiger partial charge in [-0.3, -0.25) is 0 Å². The Bertz CT molecular complexity index is 197. The molecule has 0 aliphatic heterocycles. The molecule has 0 unspecified atom stereocenters. The minimum absolute atomic E-state index is 0.852. The van der Waals surface area contributed by atoms with E-state index in [1.165, 1.54) is 19.1 Å². The van der Waals surface area contributed by atoms with Gasteiger partial charge in [-0.25, -0.2) is 0 Å². The van der Waals surface area contributed by atoms with E-state index < -0.39 is 13.3 Å². The first kappa shape index (κ1) is 14.3. The molecule has 0 N–H and O–H groups in total. The minimum atomic E-state index is -1.55. The maximum absolute atomic E-state index is 2.51. The van der Waals surface area contributed by atoms with Crippen molar-refractivity contribution in [1.29, 1.82) is 0 Å². The van der Waals surface area contributed by atoms with E-state index in [0.717, 1.165) is 6.71 Å². The average Bonchev–Trinajstić information content (AvgIpc) is 2.11. The fourth-order valence-corrected chi connectivity index (χ4v) is 4.94. The molecule has 0 fully saturated rings. The summed E-state index contributed by atoms with van der Waals surface area (Å²) in [6, 6.07) is 0. The molecule has 0 bridgehead atoms. The number of allylic oxidation sites excluding steroid dienone is 2.